The molecule has 0 atom stereocenters. The molecule has 0 radical (unpaired) electrons. The maximum absolute atomic E-state index is 12.5. The molecule has 1 aromatic carbocycles. The van der Waals surface area contributed by atoms with Gasteiger partial charge in [0.15, 0.2) is 6.61 Å². The Morgan fingerprint density at radius 3 is 2.48 bits per heavy atom. The smallest absolute Gasteiger partial charge is 0.341 e. The summed E-state index contributed by atoms with van der Waals surface area (Å²) < 4.78 is 7.27. The summed E-state index contributed by atoms with van der Waals surface area (Å²) in [5.74, 6) is -0.855. The van der Waals surface area contributed by atoms with Crippen molar-refractivity contribution in [1.82, 2.24) is 4.57 Å². The summed E-state index contributed by atoms with van der Waals surface area (Å²) in [7, 11) is 0. The van der Waals surface area contributed by atoms with Crippen molar-refractivity contribution in [3.8, 4) is 5.00 Å². The third kappa shape index (κ3) is 4.11. The second-order valence-corrected chi connectivity index (χ2v) is 7.12. The SMILES string of the molecule is CCc1ccccc1NC(=O)COC(=O)c1ccsc1-n1c(C)ccc1C. The third-order valence-electron chi connectivity index (χ3n) is 4.35. The molecule has 0 spiro atoms. The van der Waals surface area contributed by atoms with Crippen molar-refractivity contribution in [3.05, 3.63) is 70.4 Å². The fraction of sp³-hybridized carbons (Fsp3) is 0.238. The van der Waals surface area contributed by atoms with E-state index in [1.165, 1.54) is 11.3 Å². The molecule has 1 N–H and O–H groups in total. The van der Waals surface area contributed by atoms with Crippen LogP contribution in [0.25, 0.3) is 5.00 Å². The Morgan fingerprint density at radius 1 is 1.07 bits per heavy atom. The number of esters is 1. The molecule has 0 bridgehead atoms. The second-order valence-electron chi connectivity index (χ2n) is 6.23. The molecule has 2 aromatic heterocycles. The number of ether oxygens (including phenoxy) is 1. The van der Waals surface area contributed by atoms with Gasteiger partial charge in [0.2, 0.25) is 0 Å². The van der Waals surface area contributed by atoms with E-state index >= 15 is 0 Å². The highest BCUT2D eigenvalue weighted by Gasteiger charge is 2.19. The average molecular weight is 382 g/mol. The Hall–Kier alpha value is -2.86. The van der Waals surface area contributed by atoms with Crippen molar-refractivity contribution in [3.63, 3.8) is 0 Å². The number of para-hydroxylation sites is 1. The van der Waals surface area contributed by atoms with Crippen LogP contribution in [0.5, 0.6) is 0 Å². The van der Waals surface area contributed by atoms with Crippen LogP contribution >= 0.6 is 11.3 Å². The number of anilines is 1. The molecule has 3 rings (SSSR count). The lowest BCUT2D eigenvalue weighted by atomic mass is 10.1. The molecule has 0 unspecified atom stereocenters. The largest absolute Gasteiger partial charge is 0.452 e. The summed E-state index contributed by atoms with van der Waals surface area (Å²) >= 11 is 1.47. The zero-order chi connectivity index (χ0) is 19.4. The number of carbonyl (C=O) groups excluding carboxylic acids is 2. The molecule has 0 fully saturated rings. The molecule has 0 aliphatic carbocycles. The van der Waals surface area contributed by atoms with Crippen LogP contribution in [0, 0.1) is 13.8 Å². The van der Waals surface area contributed by atoms with Gasteiger partial charge in [-0.05, 0) is 55.5 Å². The number of hydrogen-bond donors (Lipinski definition) is 1. The summed E-state index contributed by atoms with van der Waals surface area (Å²) in [4.78, 5) is 24.7. The number of nitrogens with zero attached hydrogens (tertiary/aromatic N) is 1. The molecule has 5 nitrogen and oxygen atoms in total. The van der Waals surface area contributed by atoms with Gasteiger partial charge in [0.1, 0.15) is 5.00 Å². The summed E-state index contributed by atoms with van der Waals surface area (Å²) in [6.45, 7) is 5.67. The van der Waals surface area contributed by atoms with E-state index in [4.69, 9.17) is 4.74 Å². The van der Waals surface area contributed by atoms with Crippen LogP contribution in [-0.4, -0.2) is 23.1 Å². The monoisotopic (exact) mass is 382 g/mol. The van der Waals surface area contributed by atoms with Crippen molar-refractivity contribution in [2.75, 3.05) is 11.9 Å². The maximum atomic E-state index is 12.5. The van der Waals surface area contributed by atoms with Crippen molar-refractivity contribution >= 4 is 28.9 Å². The van der Waals surface area contributed by atoms with Crippen molar-refractivity contribution in [2.45, 2.75) is 27.2 Å². The lowest BCUT2D eigenvalue weighted by molar-refractivity contribution is -0.119. The van der Waals surface area contributed by atoms with Crippen LogP contribution in [-0.2, 0) is 16.0 Å². The number of benzene rings is 1. The first-order chi connectivity index (χ1) is 13.0. The number of rotatable bonds is 6. The van der Waals surface area contributed by atoms with Gasteiger partial charge >= 0.3 is 5.97 Å². The number of nitrogens with one attached hydrogen (secondary N) is 1. The first-order valence-electron chi connectivity index (χ1n) is 8.79. The van der Waals surface area contributed by atoms with E-state index in [0.29, 0.717) is 5.56 Å². The van der Waals surface area contributed by atoms with Crippen LogP contribution in [0.2, 0.25) is 0 Å². The fourth-order valence-corrected chi connectivity index (χ4v) is 3.97. The van der Waals surface area contributed by atoms with Gasteiger partial charge in [0, 0.05) is 17.1 Å². The Balaban J connectivity index is 1.67. The van der Waals surface area contributed by atoms with Gasteiger partial charge in [-0.1, -0.05) is 25.1 Å². The Bertz CT molecular complexity index is 952. The van der Waals surface area contributed by atoms with E-state index in [1.807, 2.05) is 67.1 Å². The normalized spacial score (nSPS) is 10.6. The minimum atomic E-state index is -0.502. The number of carbonyl (C=O) groups is 2. The van der Waals surface area contributed by atoms with E-state index in [9.17, 15) is 9.59 Å². The summed E-state index contributed by atoms with van der Waals surface area (Å²) in [6, 6.07) is 13.3. The molecule has 1 amide bonds. The average Bonchev–Trinajstić information content (AvgIpc) is 3.26. The van der Waals surface area contributed by atoms with Crippen molar-refractivity contribution in [2.24, 2.45) is 0 Å². The van der Waals surface area contributed by atoms with E-state index in [2.05, 4.69) is 5.32 Å². The van der Waals surface area contributed by atoms with Gasteiger partial charge in [0.25, 0.3) is 5.91 Å². The predicted octanol–water partition coefficient (Wildman–Crippen LogP) is 4.51. The van der Waals surface area contributed by atoms with Crippen LogP contribution in [0.15, 0.2) is 47.8 Å². The van der Waals surface area contributed by atoms with E-state index in [-0.39, 0.29) is 12.5 Å². The van der Waals surface area contributed by atoms with Gasteiger partial charge in [-0.25, -0.2) is 4.79 Å². The Labute approximate surface area is 162 Å². The zero-order valence-electron chi connectivity index (χ0n) is 15.6. The molecule has 0 saturated heterocycles. The molecule has 0 aliphatic rings. The van der Waals surface area contributed by atoms with Gasteiger partial charge in [0.05, 0.1) is 5.56 Å². The second kappa shape index (κ2) is 8.22. The quantitative estimate of drug-likeness (QED) is 0.638. The summed E-state index contributed by atoms with van der Waals surface area (Å²) in [5, 5.41) is 5.46. The third-order valence-corrected chi connectivity index (χ3v) is 5.24. The topological polar surface area (TPSA) is 60.3 Å². The number of aromatic nitrogens is 1. The van der Waals surface area contributed by atoms with Gasteiger partial charge in [-0.3, -0.25) is 4.79 Å². The predicted molar refractivity (Wildman–Crippen MR) is 108 cm³/mol. The van der Waals surface area contributed by atoms with Gasteiger partial charge in [-0.15, -0.1) is 11.3 Å². The van der Waals surface area contributed by atoms with Crippen LogP contribution in [0.1, 0.15) is 34.2 Å². The van der Waals surface area contributed by atoms with E-state index in [0.717, 1.165) is 34.1 Å². The number of hydrogen-bond acceptors (Lipinski definition) is 4. The summed E-state index contributed by atoms with van der Waals surface area (Å²) in [5.41, 5.74) is 4.33. The molecular formula is C21H22N2O3S. The molecule has 0 aliphatic heterocycles. The molecule has 140 valence electrons. The van der Waals surface area contributed by atoms with E-state index < -0.39 is 5.97 Å². The Morgan fingerprint density at radius 2 is 1.78 bits per heavy atom. The maximum Gasteiger partial charge on any atom is 0.341 e. The van der Waals surface area contributed by atoms with Crippen LogP contribution in [0.4, 0.5) is 5.69 Å². The summed E-state index contributed by atoms with van der Waals surface area (Å²) in [6.07, 6.45) is 0.810. The van der Waals surface area contributed by atoms with Crippen molar-refractivity contribution in [1.29, 1.82) is 0 Å². The van der Waals surface area contributed by atoms with Crippen LogP contribution < -0.4 is 5.32 Å². The highest BCUT2D eigenvalue weighted by molar-refractivity contribution is 7.13. The molecular weight excluding hydrogens is 360 g/mol. The lowest BCUT2D eigenvalue weighted by Crippen LogP contribution is -2.21. The molecule has 3 aromatic rings. The van der Waals surface area contributed by atoms with E-state index in [1.54, 1.807) is 6.07 Å². The minimum Gasteiger partial charge on any atom is -0.452 e. The fourth-order valence-electron chi connectivity index (χ4n) is 2.96. The first kappa shape index (κ1) is 18.9. The van der Waals surface area contributed by atoms with Crippen molar-refractivity contribution < 1.29 is 14.3 Å². The number of amides is 1. The minimum absolute atomic E-state index is 0.324. The number of aryl methyl sites for hydroxylation is 3. The van der Waals surface area contributed by atoms with Gasteiger partial charge < -0.3 is 14.6 Å². The van der Waals surface area contributed by atoms with Crippen LogP contribution in [0.3, 0.4) is 0 Å². The highest BCUT2D eigenvalue weighted by atomic mass is 32.1. The zero-order valence-corrected chi connectivity index (χ0v) is 16.4. The molecule has 27 heavy (non-hydrogen) atoms. The molecule has 0 saturated carbocycles. The molecule has 2 heterocycles. The van der Waals surface area contributed by atoms with Gasteiger partial charge in [-0.2, -0.15) is 0 Å². The lowest BCUT2D eigenvalue weighted by Gasteiger charge is -2.11. The molecule has 6 heteroatoms. The Kier molecular flexibility index (Phi) is 5.76. The first-order valence-corrected chi connectivity index (χ1v) is 9.67. The number of thiophene rings is 1. The highest BCUT2D eigenvalue weighted by Crippen LogP contribution is 2.26. The standard InChI is InChI=1S/C21H22N2O3S/c1-4-16-7-5-6-8-18(16)22-19(24)13-26-21(25)17-11-12-27-20(17)23-14(2)9-10-15(23)3/h5-12H,4,13H2,1-3H3,(H,22,24).